The van der Waals surface area contributed by atoms with Crippen LogP contribution >= 0.6 is 12.2 Å². The van der Waals surface area contributed by atoms with E-state index in [2.05, 4.69) is 15.8 Å². The van der Waals surface area contributed by atoms with Crippen molar-refractivity contribution in [1.29, 1.82) is 0 Å². The third-order valence-electron chi connectivity index (χ3n) is 4.29. The predicted molar refractivity (Wildman–Crippen MR) is 122 cm³/mol. The van der Waals surface area contributed by atoms with Crippen molar-refractivity contribution in [1.82, 2.24) is 5.43 Å². The lowest BCUT2D eigenvalue weighted by Gasteiger charge is -2.14. The molecule has 0 bridgehead atoms. The van der Waals surface area contributed by atoms with Crippen LogP contribution in [0, 0.1) is 0 Å². The maximum absolute atomic E-state index is 13.1. The Bertz CT molecular complexity index is 1090. The number of methoxy groups -OCH3 is 1. The second-order valence-corrected chi connectivity index (χ2v) is 6.96. The Kier molecular flexibility index (Phi) is 7.67. The van der Waals surface area contributed by atoms with Crippen LogP contribution in [0.25, 0.3) is 0 Å². The number of rotatable bonds is 7. The molecule has 5 nitrogen and oxygen atoms in total. The second kappa shape index (κ2) is 10.6. The number of nitrogens with zero attached hydrogens (tertiary/aromatic N) is 1. The van der Waals surface area contributed by atoms with Crippen molar-refractivity contribution in [2.75, 3.05) is 12.4 Å². The third-order valence-corrected chi connectivity index (χ3v) is 4.48. The normalized spacial score (nSPS) is 11.2. The van der Waals surface area contributed by atoms with Crippen molar-refractivity contribution < 1.29 is 22.6 Å². The lowest BCUT2D eigenvalue weighted by atomic mass is 10.2. The van der Waals surface area contributed by atoms with Crippen LogP contribution in [0.1, 0.15) is 16.7 Å². The molecule has 0 heterocycles. The summed E-state index contributed by atoms with van der Waals surface area (Å²) in [6.07, 6.45) is -3.03. The average Bonchev–Trinajstić information content (AvgIpc) is 2.78. The smallest absolute Gasteiger partial charge is 0.418 e. The van der Waals surface area contributed by atoms with Gasteiger partial charge in [0.2, 0.25) is 0 Å². The molecule has 0 fully saturated rings. The number of thiocarbonyl (C=S) groups is 1. The highest BCUT2D eigenvalue weighted by Gasteiger charge is 2.33. The van der Waals surface area contributed by atoms with Gasteiger partial charge in [0.15, 0.2) is 16.6 Å². The van der Waals surface area contributed by atoms with Gasteiger partial charge in [0, 0.05) is 0 Å². The summed E-state index contributed by atoms with van der Waals surface area (Å²) in [6, 6.07) is 20.0. The van der Waals surface area contributed by atoms with Crippen LogP contribution in [-0.4, -0.2) is 18.4 Å². The fraction of sp³-hybridized carbons (Fsp3) is 0.130. The third kappa shape index (κ3) is 6.45. The van der Waals surface area contributed by atoms with Crippen molar-refractivity contribution in [3.05, 3.63) is 89.5 Å². The minimum atomic E-state index is -4.50. The summed E-state index contributed by atoms with van der Waals surface area (Å²) >= 11 is 5.05. The van der Waals surface area contributed by atoms with Gasteiger partial charge >= 0.3 is 6.18 Å². The number of halogens is 3. The van der Waals surface area contributed by atoms with E-state index in [-0.39, 0.29) is 10.8 Å². The molecule has 0 aliphatic rings. The van der Waals surface area contributed by atoms with Gasteiger partial charge in [-0.3, -0.25) is 5.43 Å². The zero-order valence-corrected chi connectivity index (χ0v) is 17.8. The Labute approximate surface area is 188 Å². The predicted octanol–water partition coefficient (Wildman–Crippen LogP) is 5.61. The first-order valence-electron chi connectivity index (χ1n) is 9.48. The van der Waals surface area contributed by atoms with Crippen LogP contribution in [0.5, 0.6) is 11.5 Å². The molecule has 0 unspecified atom stereocenters. The number of para-hydroxylation sites is 1. The van der Waals surface area contributed by atoms with Gasteiger partial charge in [-0.05, 0) is 53.7 Å². The fourth-order valence-corrected chi connectivity index (χ4v) is 2.94. The molecule has 3 aromatic rings. The summed E-state index contributed by atoms with van der Waals surface area (Å²) in [5.74, 6) is 1.09. The maximum Gasteiger partial charge on any atom is 0.418 e. The molecule has 0 spiro atoms. The van der Waals surface area contributed by atoms with E-state index in [1.807, 2.05) is 30.3 Å². The summed E-state index contributed by atoms with van der Waals surface area (Å²) in [5.41, 5.74) is 3.23. The molecule has 0 aliphatic heterocycles. The first-order valence-corrected chi connectivity index (χ1v) is 9.88. The maximum atomic E-state index is 13.1. The molecule has 3 rings (SSSR count). The van der Waals surface area contributed by atoms with Gasteiger partial charge in [-0.1, -0.05) is 42.5 Å². The monoisotopic (exact) mass is 459 g/mol. The minimum absolute atomic E-state index is 0.0768. The van der Waals surface area contributed by atoms with Gasteiger partial charge in [-0.15, -0.1) is 0 Å². The largest absolute Gasteiger partial charge is 0.493 e. The van der Waals surface area contributed by atoms with Gasteiger partial charge in [0.25, 0.3) is 0 Å². The van der Waals surface area contributed by atoms with E-state index in [1.165, 1.54) is 24.4 Å². The second-order valence-electron chi connectivity index (χ2n) is 6.55. The van der Waals surface area contributed by atoms with Gasteiger partial charge in [0.1, 0.15) is 6.61 Å². The molecule has 32 heavy (non-hydrogen) atoms. The number of nitrogens with one attached hydrogen (secondary N) is 2. The minimum Gasteiger partial charge on any atom is -0.493 e. The molecular weight excluding hydrogens is 439 g/mol. The van der Waals surface area contributed by atoms with E-state index in [4.69, 9.17) is 21.7 Å². The average molecular weight is 459 g/mol. The van der Waals surface area contributed by atoms with Gasteiger partial charge in [-0.25, -0.2) is 0 Å². The molecule has 0 aliphatic carbocycles. The van der Waals surface area contributed by atoms with Crippen molar-refractivity contribution in [2.45, 2.75) is 12.8 Å². The lowest BCUT2D eigenvalue weighted by Crippen LogP contribution is -2.25. The molecule has 0 saturated carbocycles. The van der Waals surface area contributed by atoms with E-state index in [9.17, 15) is 13.2 Å². The molecule has 2 N–H and O–H groups in total. The Morgan fingerprint density at radius 2 is 1.72 bits per heavy atom. The SMILES string of the molecule is COc1ccc(/C=N\NC(=S)Nc2ccccc2C(F)(F)F)cc1OCc1ccccc1. The highest BCUT2D eigenvalue weighted by atomic mass is 32.1. The molecule has 0 radical (unpaired) electrons. The number of alkyl halides is 3. The van der Waals surface area contributed by atoms with Crippen LogP contribution in [0.4, 0.5) is 18.9 Å². The van der Waals surface area contributed by atoms with Crippen LogP contribution in [-0.2, 0) is 12.8 Å². The topological polar surface area (TPSA) is 54.9 Å². The zero-order chi connectivity index (χ0) is 23.0. The molecule has 166 valence electrons. The van der Waals surface area contributed by atoms with Gasteiger partial charge in [-0.2, -0.15) is 18.3 Å². The highest BCUT2D eigenvalue weighted by molar-refractivity contribution is 7.80. The van der Waals surface area contributed by atoms with E-state index >= 15 is 0 Å². The van der Waals surface area contributed by atoms with Gasteiger partial charge in [0.05, 0.1) is 24.6 Å². The van der Waals surface area contributed by atoms with E-state index in [0.717, 1.165) is 11.6 Å². The van der Waals surface area contributed by atoms with Crippen molar-refractivity contribution >= 4 is 29.2 Å². The van der Waals surface area contributed by atoms with Crippen LogP contribution in [0.15, 0.2) is 77.9 Å². The van der Waals surface area contributed by atoms with Crippen molar-refractivity contribution in [2.24, 2.45) is 5.10 Å². The molecule has 9 heteroatoms. The van der Waals surface area contributed by atoms with E-state index in [0.29, 0.717) is 23.7 Å². The number of benzene rings is 3. The Morgan fingerprint density at radius 1 is 1.00 bits per heavy atom. The highest BCUT2D eigenvalue weighted by Crippen LogP contribution is 2.34. The van der Waals surface area contributed by atoms with Crippen LogP contribution in [0.3, 0.4) is 0 Å². The summed E-state index contributed by atoms with van der Waals surface area (Å²) < 4.78 is 50.4. The quantitative estimate of drug-likeness (QED) is 0.273. The van der Waals surface area contributed by atoms with Crippen LogP contribution in [0.2, 0.25) is 0 Å². The number of ether oxygens (including phenoxy) is 2. The van der Waals surface area contributed by atoms with Crippen molar-refractivity contribution in [3.8, 4) is 11.5 Å². The molecule has 0 amide bonds. The molecular formula is C23H20F3N3O2S. The first-order chi connectivity index (χ1) is 15.4. The summed E-state index contributed by atoms with van der Waals surface area (Å²) in [7, 11) is 1.54. The lowest BCUT2D eigenvalue weighted by molar-refractivity contribution is -0.136. The van der Waals surface area contributed by atoms with Gasteiger partial charge < -0.3 is 14.8 Å². The molecule has 0 atom stereocenters. The summed E-state index contributed by atoms with van der Waals surface area (Å²) in [6.45, 7) is 0.364. The Morgan fingerprint density at radius 3 is 2.44 bits per heavy atom. The molecule has 3 aromatic carbocycles. The number of anilines is 1. The molecule has 0 aromatic heterocycles. The van der Waals surface area contributed by atoms with Crippen molar-refractivity contribution in [3.63, 3.8) is 0 Å². The van der Waals surface area contributed by atoms with E-state index in [1.54, 1.807) is 25.3 Å². The van der Waals surface area contributed by atoms with E-state index < -0.39 is 11.7 Å². The first kappa shape index (κ1) is 23.1. The Hall–Kier alpha value is -3.59. The van der Waals surface area contributed by atoms with Crippen LogP contribution < -0.4 is 20.2 Å². The number of hydrazone groups is 1. The summed E-state index contributed by atoms with van der Waals surface area (Å²) in [5, 5.41) is 6.42. The molecule has 0 saturated heterocycles. The standard InChI is InChI=1S/C23H20F3N3O2S/c1-30-20-12-11-17(13-21(20)31-15-16-7-3-2-4-8-16)14-27-29-22(32)28-19-10-6-5-9-18(19)23(24,25)26/h2-14H,15H2,1H3,(H2,28,29,32)/b27-14-. The zero-order valence-electron chi connectivity index (χ0n) is 17.0. The number of hydrogen-bond acceptors (Lipinski definition) is 4. The number of hydrogen-bond donors (Lipinski definition) is 2. The fourth-order valence-electron chi connectivity index (χ4n) is 2.78. The summed E-state index contributed by atoms with van der Waals surface area (Å²) in [4.78, 5) is 0. The Balaban J connectivity index is 1.63.